The van der Waals surface area contributed by atoms with Crippen LogP contribution in [-0.4, -0.2) is 31.6 Å². The van der Waals surface area contributed by atoms with Crippen LogP contribution in [0.1, 0.15) is 10.4 Å². The van der Waals surface area contributed by atoms with E-state index in [0.717, 1.165) is 4.47 Å². The van der Waals surface area contributed by atoms with Crippen LogP contribution >= 0.6 is 28.3 Å². The van der Waals surface area contributed by atoms with E-state index < -0.39 is 5.91 Å². The van der Waals surface area contributed by atoms with Crippen LogP contribution in [0.2, 0.25) is 0 Å². The lowest BCUT2D eigenvalue weighted by atomic mass is 10.1. The number of ether oxygens (including phenoxy) is 1. The Morgan fingerprint density at radius 1 is 1.37 bits per heavy atom. The number of carbonyl (C=O) groups excluding carboxylic acids is 2. The maximum Gasteiger partial charge on any atom is 0.253 e. The second kappa shape index (κ2) is 8.73. The summed E-state index contributed by atoms with van der Waals surface area (Å²) in [7, 11) is 0. The molecule has 0 aliphatic heterocycles. The van der Waals surface area contributed by atoms with Crippen LogP contribution in [-0.2, 0) is 9.53 Å². The monoisotopic (exact) mass is 351 g/mol. The molecule has 0 radical (unpaired) electrons. The third kappa shape index (κ3) is 6.42. The van der Waals surface area contributed by atoms with Crippen LogP contribution in [0.25, 0.3) is 0 Å². The van der Waals surface area contributed by atoms with E-state index in [-0.39, 0.29) is 38.1 Å². The number of halogens is 2. The summed E-state index contributed by atoms with van der Waals surface area (Å²) < 4.78 is 5.71. The van der Waals surface area contributed by atoms with Crippen molar-refractivity contribution in [1.82, 2.24) is 5.32 Å². The van der Waals surface area contributed by atoms with Gasteiger partial charge in [-0.25, -0.2) is 0 Å². The maximum absolute atomic E-state index is 11.7. The van der Waals surface area contributed by atoms with Crippen molar-refractivity contribution < 1.29 is 14.3 Å². The van der Waals surface area contributed by atoms with Crippen molar-refractivity contribution in [2.45, 2.75) is 0 Å². The van der Waals surface area contributed by atoms with E-state index in [2.05, 4.69) is 21.2 Å². The van der Waals surface area contributed by atoms with Crippen LogP contribution in [0, 0.1) is 0 Å². The SMILES string of the molecule is Cl.NC(=O)COCCNC(=O)c1ccc(Br)cc1N. The molecule has 0 aliphatic carbocycles. The molecular formula is C11H15BrClN3O3. The van der Waals surface area contributed by atoms with Gasteiger partial charge in [0.25, 0.3) is 5.91 Å². The molecule has 8 heteroatoms. The summed E-state index contributed by atoms with van der Waals surface area (Å²) in [5, 5.41) is 2.62. The molecule has 6 nitrogen and oxygen atoms in total. The predicted molar refractivity (Wildman–Crippen MR) is 78.1 cm³/mol. The molecule has 1 aromatic rings. The van der Waals surface area contributed by atoms with Crippen molar-refractivity contribution in [1.29, 1.82) is 0 Å². The molecule has 0 atom stereocenters. The van der Waals surface area contributed by atoms with Crippen LogP contribution in [0.5, 0.6) is 0 Å². The number of nitrogens with one attached hydrogen (secondary N) is 1. The molecule has 0 aliphatic rings. The minimum Gasteiger partial charge on any atom is -0.398 e. The quantitative estimate of drug-likeness (QED) is 0.517. The predicted octanol–water partition coefficient (Wildman–Crippen LogP) is 0.685. The van der Waals surface area contributed by atoms with Gasteiger partial charge in [-0.1, -0.05) is 15.9 Å². The summed E-state index contributed by atoms with van der Waals surface area (Å²) in [5.41, 5.74) is 11.4. The number of benzene rings is 1. The zero-order valence-corrected chi connectivity index (χ0v) is 12.4. The largest absolute Gasteiger partial charge is 0.398 e. The normalized spacial score (nSPS) is 9.53. The zero-order chi connectivity index (χ0) is 13.5. The van der Waals surface area contributed by atoms with Gasteiger partial charge in [0.1, 0.15) is 6.61 Å². The van der Waals surface area contributed by atoms with E-state index in [1.165, 1.54) is 0 Å². The molecule has 0 spiro atoms. The molecule has 1 aromatic carbocycles. The van der Waals surface area contributed by atoms with Gasteiger partial charge >= 0.3 is 0 Å². The van der Waals surface area contributed by atoms with Gasteiger partial charge in [0.15, 0.2) is 0 Å². The molecule has 5 N–H and O–H groups in total. The van der Waals surface area contributed by atoms with E-state index in [1.54, 1.807) is 18.2 Å². The highest BCUT2D eigenvalue weighted by atomic mass is 79.9. The van der Waals surface area contributed by atoms with Crippen LogP contribution in [0.15, 0.2) is 22.7 Å². The minimum atomic E-state index is -0.543. The van der Waals surface area contributed by atoms with Gasteiger partial charge in [-0.05, 0) is 18.2 Å². The van der Waals surface area contributed by atoms with E-state index in [9.17, 15) is 9.59 Å². The summed E-state index contributed by atoms with van der Waals surface area (Å²) in [6.45, 7) is 0.336. The first-order valence-electron chi connectivity index (χ1n) is 5.20. The molecule has 0 aromatic heterocycles. The number of hydrogen-bond donors (Lipinski definition) is 3. The molecule has 0 heterocycles. The van der Waals surface area contributed by atoms with Crippen molar-refractivity contribution in [2.24, 2.45) is 5.73 Å². The lowest BCUT2D eigenvalue weighted by Crippen LogP contribution is -2.29. The Hall–Kier alpha value is -1.31. The average Bonchev–Trinajstić information content (AvgIpc) is 2.27. The first-order chi connectivity index (χ1) is 8.50. The first kappa shape index (κ1) is 17.7. The minimum absolute atomic E-state index is 0. The topological polar surface area (TPSA) is 107 Å². The Kier molecular flexibility index (Phi) is 8.13. The van der Waals surface area contributed by atoms with Gasteiger partial charge in [-0.2, -0.15) is 0 Å². The fourth-order valence-electron chi connectivity index (χ4n) is 1.25. The van der Waals surface area contributed by atoms with E-state index in [1.807, 2.05) is 0 Å². The summed E-state index contributed by atoms with van der Waals surface area (Å²) in [4.78, 5) is 22.1. The highest BCUT2D eigenvalue weighted by Gasteiger charge is 2.08. The number of anilines is 1. The summed E-state index contributed by atoms with van der Waals surface area (Å²) in [5.74, 6) is -0.832. The summed E-state index contributed by atoms with van der Waals surface area (Å²) >= 11 is 3.26. The van der Waals surface area contributed by atoms with Crippen molar-refractivity contribution in [3.05, 3.63) is 28.2 Å². The second-order valence-corrected chi connectivity index (χ2v) is 4.42. The fraction of sp³-hybridized carbons (Fsp3) is 0.273. The third-order valence-corrected chi connectivity index (χ3v) is 2.53. The third-order valence-electron chi connectivity index (χ3n) is 2.03. The number of rotatable bonds is 6. The lowest BCUT2D eigenvalue weighted by Gasteiger charge is -2.07. The van der Waals surface area contributed by atoms with E-state index in [0.29, 0.717) is 11.3 Å². The molecule has 106 valence electrons. The van der Waals surface area contributed by atoms with E-state index >= 15 is 0 Å². The zero-order valence-electron chi connectivity index (χ0n) is 10.0. The van der Waals surface area contributed by atoms with Crippen molar-refractivity contribution in [2.75, 3.05) is 25.5 Å². The molecule has 2 amide bonds. The summed E-state index contributed by atoms with van der Waals surface area (Å²) in [6, 6.07) is 5.01. The molecule has 0 unspecified atom stereocenters. The van der Waals surface area contributed by atoms with Gasteiger partial charge in [-0.3, -0.25) is 9.59 Å². The van der Waals surface area contributed by atoms with Crippen LogP contribution < -0.4 is 16.8 Å². The first-order valence-corrected chi connectivity index (χ1v) is 5.99. The van der Waals surface area contributed by atoms with Crippen LogP contribution in [0.4, 0.5) is 5.69 Å². The van der Waals surface area contributed by atoms with Gasteiger partial charge < -0.3 is 21.5 Å². The molecule has 19 heavy (non-hydrogen) atoms. The molecule has 1 rings (SSSR count). The van der Waals surface area contributed by atoms with Gasteiger partial charge in [0.05, 0.1) is 12.2 Å². The molecule has 0 fully saturated rings. The Bertz CT molecular complexity index is 457. The molecule has 0 saturated carbocycles. The highest BCUT2D eigenvalue weighted by Crippen LogP contribution is 2.18. The average molecular weight is 353 g/mol. The smallest absolute Gasteiger partial charge is 0.253 e. The molecule has 0 bridgehead atoms. The number of carbonyl (C=O) groups is 2. The van der Waals surface area contributed by atoms with Crippen molar-refractivity contribution in [3.8, 4) is 0 Å². The fourth-order valence-corrected chi connectivity index (χ4v) is 1.62. The van der Waals surface area contributed by atoms with Crippen molar-refractivity contribution in [3.63, 3.8) is 0 Å². The number of nitrogen functional groups attached to an aromatic ring is 1. The molecule has 0 saturated heterocycles. The Balaban J connectivity index is 0.00000324. The van der Waals surface area contributed by atoms with Gasteiger partial charge in [0, 0.05) is 16.7 Å². The number of amides is 2. The Morgan fingerprint density at radius 3 is 2.63 bits per heavy atom. The van der Waals surface area contributed by atoms with Gasteiger partial charge in [0.2, 0.25) is 5.91 Å². The van der Waals surface area contributed by atoms with Crippen LogP contribution in [0.3, 0.4) is 0 Å². The molecular weight excluding hydrogens is 337 g/mol. The number of hydrogen-bond acceptors (Lipinski definition) is 4. The standard InChI is InChI=1S/C11H14BrN3O3.ClH/c12-7-1-2-8(9(13)5-7)11(17)15-3-4-18-6-10(14)16;/h1-2,5H,3-4,6,13H2,(H2,14,16)(H,15,17);1H. The summed E-state index contributed by atoms with van der Waals surface area (Å²) in [6.07, 6.45) is 0. The van der Waals surface area contributed by atoms with E-state index in [4.69, 9.17) is 16.2 Å². The lowest BCUT2D eigenvalue weighted by molar-refractivity contribution is -0.122. The Morgan fingerprint density at radius 2 is 2.05 bits per heavy atom. The highest BCUT2D eigenvalue weighted by molar-refractivity contribution is 9.10. The second-order valence-electron chi connectivity index (χ2n) is 3.51. The van der Waals surface area contributed by atoms with Crippen molar-refractivity contribution >= 4 is 45.8 Å². The van der Waals surface area contributed by atoms with Gasteiger partial charge in [-0.15, -0.1) is 12.4 Å². The Labute approximate surface area is 125 Å². The number of nitrogens with two attached hydrogens (primary N) is 2. The maximum atomic E-state index is 11.7. The number of primary amides is 1.